The lowest BCUT2D eigenvalue weighted by Crippen LogP contribution is -2.36. The van der Waals surface area contributed by atoms with Crippen LogP contribution in [0.3, 0.4) is 0 Å². The highest BCUT2D eigenvalue weighted by atomic mass is 16.5. The molecule has 2 rings (SSSR count). The van der Waals surface area contributed by atoms with E-state index in [1.165, 1.54) is 0 Å². The molecule has 1 aliphatic rings. The summed E-state index contributed by atoms with van der Waals surface area (Å²) in [7, 11) is 1.62. The summed E-state index contributed by atoms with van der Waals surface area (Å²) < 4.78 is 5.47. The van der Waals surface area contributed by atoms with Crippen LogP contribution in [0.25, 0.3) is 0 Å². The molecule has 0 radical (unpaired) electrons. The third-order valence-electron chi connectivity index (χ3n) is 4.68. The van der Waals surface area contributed by atoms with E-state index in [9.17, 15) is 10.2 Å². The van der Waals surface area contributed by atoms with Crippen molar-refractivity contribution in [2.24, 2.45) is 0 Å². The van der Waals surface area contributed by atoms with Crippen molar-refractivity contribution < 1.29 is 14.9 Å². The number of benzene rings is 1. The van der Waals surface area contributed by atoms with Gasteiger partial charge >= 0.3 is 0 Å². The van der Waals surface area contributed by atoms with Gasteiger partial charge in [-0.25, -0.2) is 0 Å². The van der Waals surface area contributed by atoms with Crippen LogP contribution in [-0.2, 0) is 0 Å². The summed E-state index contributed by atoms with van der Waals surface area (Å²) in [6.07, 6.45) is 4.66. The SMILES string of the molecule is COc1c(C(O)C2(O)CCCCCC2)ccc(C)c1C. The average molecular weight is 278 g/mol. The number of rotatable bonds is 3. The van der Waals surface area contributed by atoms with Gasteiger partial charge in [0.25, 0.3) is 0 Å². The number of aliphatic hydroxyl groups is 2. The van der Waals surface area contributed by atoms with Crippen molar-refractivity contribution in [2.45, 2.75) is 64.1 Å². The molecule has 0 amide bonds. The number of hydrogen-bond donors (Lipinski definition) is 2. The first-order valence-electron chi connectivity index (χ1n) is 7.54. The van der Waals surface area contributed by atoms with Crippen molar-refractivity contribution in [3.63, 3.8) is 0 Å². The fraction of sp³-hybridized carbons (Fsp3) is 0.647. The van der Waals surface area contributed by atoms with Gasteiger partial charge in [-0.15, -0.1) is 0 Å². The smallest absolute Gasteiger partial charge is 0.127 e. The van der Waals surface area contributed by atoms with Crippen LogP contribution in [0.5, 0.6) is 5.75 Å². The van der Waals surface area contributed by atoms with E-state index >= 15 is 0 Å². The van der Waals surface area contributed by atoms with Gasteiger partial charge in [0.05, 0.1) is 12.7 Å². The third-order valence-corrected chi connectivity index (χ3v) is 4.68. The number of methoxy groups -OCH3 is 1. The van der Waals surface area contributed by atoms with Gasteiger partial charge < -0.3 is 14.9 Å². The van der Waals surface area contributed by atoms with E-state index in [4.69, 9.17) is 4.74 Å². The third kappa shape index (κ3) is 2.84. The lowest BCUT2D eigenvalue weighted by atomic mass is 9.83. The molecule has 1 atom stereocenters. The molecule has 1 aliphatic carbocycles. The Kier molecular flexibility index (Phi) is 4.71. The second-order valence-corrected chi connectivity index (χ2v) is 6.05. The Balaban J connectivity index is 2.37. The Bertz CT molecular complexity index is 460. The molecule has 0 aliphatic heterocycles. The molecule has 112 valence electrons. The van der Waals surface area contributed by atoms with Crippen molar-refractivity contribution >= 4 is 0 Å². The van der Waals surface area contributed by atoms with E-state index in [0.29, 0.717) is 24.2 Å². The second kappa shape index (κ2) is 6.15. The first-order valence-corrected chi connectivity index (χ1v) is 7.54. The molecule has 1 aromatic rings. The topological polar surface area (TPSA) is 49.7 Å². The number of aryl methyl sites for hydroxylation is 1. The lowest BCUT2D eigenvalue weighted by Gasteiger charge is -2.33. The van der Waals surface area contributed by atoms with Crippen molar-refractivity contribution in [1.29, 1.82) is 0 Å². The maximum atomic E-state index is 10.8. The van der Waals surface area contributed by atoms with Crippen LogP contribution in [0.1, 0.15) is 61.3 Å². The van der Waals surface area contributed by atoms with E-state index in [2.05, 4.69) is 0 Å². The van der Waals surface area contributed by atoms with Crippen LogP contribution in [0.4, 0.5) is 0 Å². The highest BCUT2D eigenvalue weighted by Gasteiger charge is 2.38. The van der Waals surface area contributed by atoms with Gasteiger partial charge in [0.1, 0.15) is 11.9 Å². The molecular weight excluding hydrogens is 252 g/mol. The molecular formula is C17H26O3. The van der Waals surface area contributed by atoms with Crippen LogP contribution >= 0.6 is 0 Å². The molecule has 1 unspecified atom stereocenters. The quantitative estimate of drug-likeness (QED) is 0.833. The molecule has 1 fully saturated rings. The summed E-state index contributed by atoms with van der Waals surface area (Å²) >= 11 is 0. The van der Waals surface area contributed by atoms with Gasteiger partial charge in [-0.05, 0) is 37.8 Å². The standard InChI is InChI=1S/C17H26O3/c1-12-8-9-14(15(20-3)13(12)2)16(18)17(19)10-6-4-5-7-11-17/h8-9,16,18-19H,4-7,10-11H2,1-3H3. The second-order valence-electron chi connectivity index (χ2n) is 6.05. The van der Waals surface area contributed by atoms with E-state index in [0.717, 1.165) is 36.8 Å². The Morgan fingerprint density at radius 3 is 2.25 bits per heavy atom. The van der Waals surface area contributed by atoms with Crippen molar-refractivity contribution in [3.05, 3.63) is 28.8 Å². The molecule has 20 heavy (non-hydrogen) atoms. The minimum absolute atomic E-state index is 0.657. The number of aliphatic hydroxyl groups excluding tert-OH is 1. The van der Waals surface area contributed by atoms with E-state index in [1.54, 1.807) is 7.11 Å². The number of hydrogen-bond acceptors (Lipinski definition) is 3. The molecule has 0 saturated heterocycles. The van der Waals surface area contributed by atoms with Crippen molar-refractivity contribution in [1.82, 2.24) is 0 Å². The zero-order valence-electron chi connectivity index (χ0n) is 12.8. The van der Waals surface area contributed by atoms with Crippen LogP contribution < -0.4 is 4.74 Å². The average Bonchev–Trinajstić information content (AvgIpc) is 2.66. The molecule has 2 N–H and O–H groups in total. The minimum atomic E-state index is -1.02. The van der Waals surface area contributed by atoms with Gasteiger partial charge in [-0.2, -0.15) is 0 Å². The van der Waals surface area contributed by atoms with Crippen LogP contribution in [0.15, 0.2) is 12.1 Å². The molecule has 0 heterocycles. The summed E-state index contributed by atoms with van der Waals surface area (Å²) in [4.78, 5) is 0. The molecule has 3 heteroatoms. The van der Waals surface area contributed by atoms with Crippen LogP contribution in [0.2, 0.25) is 0 Å². The summed E-state index contributed by atoms with van der Waals surface area (Å²) in [5.74, 6) is 0.704. The minimum Gasteiger partial charge on any atom is -0.496 e. The summed E-state index contributed by atoms with van der Waals surface area (Å²) in [5, 5.41) is 21.6. The first kappa shape index (κ1) is 15.3. The van der Waals surface area contributed by atoms with E-state index in [-0.39, 0.29) is 0 Å². The lowest BCUT2D eigenvalue weighted by molar-refractivity contribution is -0.0874. The zero-order valence-corrected chi connectivity index (χ0v) is 12.8. The van der Waals surface area contributed by atoms with Gasteiger partial charge in [0, 0.05) is 5.56 Å². The fourth-order valence-electron chi connectivity index (χ4n) is 3.20. The summed E-state index contributed by atoms with van der Waals surface area (Å²) in [5.41, 5.74) is 1.85. The summed E-state index contributed by atoms with van der Waals surface area (Å²) in [6.45, 7) is 4.01. The molecule has 1 aromatic carbocycles. The number of ether oxygens (including phenoxy) is 1. The Labute approximate surface area is 121 Å². The van der Waals surface area contributed by atoms with Crippen LogP contribution in [-0.4, -0.2) is 22.9 Å². The Morgan fingerprint density at radius 2 is 1.70 bits per heavy atom. The maximum absolute atomic E-state index is 10.8. The van der Waals surface area contributed by atoms with Crippen molar-refractivity contribution in [2.75, 3.05) is 7.11 Å². The predicted molar refractivity (Wildman–Crippen MR) is 80.1 cm³/mol. The molecule has 3 nitrogen and oxygen atoms in total. The Morgan fingerprint density at radius 1 is 1.10 bits per heavy atom. The maximum Gasteiger partial charge on any atom is 0.127 e. The van der Waals surface area contributed by atoms with Gasteiger partial charge in [0.2, 0.25) is 0 Å². The first-order chi connectivity index (χ1) is 9.49. The predicted octanol–water partition coefficient (Wildman–Crippen LogP) is 3.43. The zero-order chi connectivity index (χ0) is 14.8. The van der Waals surface area contributed by atoms with Crippen molar-refractivity contribution in [3.8, 4) is 5.75 Å². The highest BCUT2D eigenvalue weighted by molar-refractivity contribution is 5.47. The Hall–Kier alpha value is -1.06. The summed E-state index contributed by atoms with van der Waals surface area (Å²) in [6, 6.07) is 3.87. The van der Waals surface area contributed by atoms with Crippen LogP contribution in [0, 0.1) is 13.8 Å². The fourth-order valence-corrected chi connectivity index (χ4v) is 3.20. The van der Waals surface area contributed by atoms with Gasteiger partial charge in [-0.1, -0.05) is 37.8 Å². The molecule has 0 bridgehead atoms. The van der Waals surface area contributed by atoms with E-state index < -0.39 is 11.7 Å². The monoisotopic (exact) mass is 278 g/mol. The normalized spacial score (nSPS) is 20.2. The molecule has 0 spiro atoms. The van der Waals surface area contributed by atoms with Gasteiger partial charge in [0.15, 0.2) is 0 Å². The van der Waals surface area contributed by atoms with Gasteiger partial charge in [-0.3, -0.25) is 0 Å². The molecule has 0 aromatic heterocycles. The largest absolute Gasteiger partial charge is 0.496 e. The van der Waals surface area contributed by atoms with E-state index in [1.807, 2.05) is 26.0 Å². The highest BCUT2D eigenvalue weighted by Crippen LogP contribution is 2.41. The molecule has 1 saturated carbocycles.